The second-order valence-corrected chi connectivity index (χ2v) is 15.0. The molecule has 15 heteroatoms. The van der Waals surface area contributed by atoms with Crippen molar-refractivity contribution in [2.75, 3.05) is 60.9 Å². The Bertz CT molecular complexity index is 2150. The molecule has 8 rings (SSSR count). The first-order valence-corrected chi connectivity index (χ1v) is 18.6. The van der Waals surface area contributed by atoms with Gasteiger partial charge in [0.1, 0.15) is 11.9 Å². The summed E-state index contributed by atoms with van der Waals surface area (Å²) < 4.78 is 1.80. The number of fused-ring (bicyclic) bond motifs is 1. The Morgan fingerprint density at radius 3 is 2.62 bits per heavy atom. The van der Waals surface area contributed by atoms with Gasteiger partial charge in [-0.25, -0.2) is 9.50 Å². The predicted molar refractivity (Wildman–Crippen MR) is 199 cm³/mol. The lowest BCUT2D eigenvalue weighted by Gasteiger charge is -2.35. The van der Waals surface area contributed by atoms with Gasteiger partial charge in [0, 0.05) is 76.4 Å². The van der Waals surface area contributed by atoms with Gasteiger partial charge in [-0.3, -0.25) is 24.8 Å². The molecule has 3 fully saturated rings. The topological polar surface area (TPSA) is 161 Å². The lowest BCUT2D eigenvalue weighted by molar-refractivity contribution is -0.134. The van der Waals surface area contributed by atoms with Crippen molar-refractivity contribution in [3.05, 3.63) is 66.1 Å². The number of nitrogens with zero attached hydrogens (tertiary/aromatic N) is 10. The molecule has 0 spiro atoms. The highest BCUT2D eigenvalue weighted by molar-refractivity contribution is 7.18. The van der Waals surface area contributed by atoms with E-state index in [1.54, 1.807) is 28.2 Å². The zero-order valence-corrected chi connectivity index (χ0v) is 30.0. The molecule has 2 N–H and O–H groups in total. The number of piperazine rings is 1. The smallest absolute Gasteiger partial charge is 0.234 e. The third kappa shape index (κ3) is 6.91. The fraction of sp³-hybridized carbons (Fsp3) is 0.405. The first kappa shape index (κ1) is 33.7. The van der Waals surface area contributed by atoms with Crippen molar-refractivity contribution in [2.45, 2.75) is 45.1 Å². The predicted octanol–water partition coefficient (Wildman–Crippen LogP) is 4.17. The van der Waals surface area contributed by atoms with Gasteiger partial charge in [-0.05, 0) is 68.5 Å². The fourth-order valence-electron chi connectivity index (χ4n) is 7.38. The number of hydrogen-bond donors (Lipinski definition) is 2. The second-order valence-electron chi connectivity index (χ2n) is 14.1. The van der Waals surface area contributed by atoms with Crippen molar-refractivity contribution in [3.63, 3.8) is 0 Å². The molecule has 5 aromatic rings. The van der Waals surface area contributed by atoms with Gasteiger partial charge in [0.25, 0.3) is 0 Å². The minimum atomic E-state index is -0.310. The maximum Gasteiger partial charge on any atom is 0.234 e. The molecule has 0 bridgehead atoms. The van der Waals surface area contributed by atoms with Crippen LogP contribution in [0.4, 0.5) is 16.6 Å². The second kappa shape index (κ2) is 14.3. The molecule has 3 saturated heterocycles. The molecular weight excluding hydrogens is 677 g/mol. The zero-order valence-electron chi connectivity index (χ0n) is 29.2. The van der Waals surface area contributed by atoms with Crippen LogP contribution in [-0.2, 0) is 9.59 Å². The van der Waals surface area contributed by atoms with Gasteiger partial charge >= 0.3 is 0 Å². The van der Waals surface area contributed by atoms with Crippen molar-refractivity contribution in [2.24, 2.45) is 5.92 Å². The van der Waals surface area contributed by atoms with E-state index in [9.17, 15) is 14.9 Å². The summed E-state index contributed by atoms with van der Waals surface area (Å²) in [5.41, 5.74) is 5.68. The highest BCUT2D eigenvalue weighted by Gasteiger charge is 2.30. The Morgan fingerprint density at radius 1 is 0.981 bits per heavy atom. The third-order valence-electron chi connectivity index (χ3n) is 10.1. The van der Waals surface area contributed by atoms with Crippen molar-refractivity contribution < 1.29 is 9.59 Å². The van der Waals surface area contributed by atoms with Gasteiger partial charge in [-0.2, -0.15) is 10.4 Å². The largest absolute Gasteiger partial charge is 0.382 e. The minimum Gasteiger partial charge on any atom is -0.382 e. The summed E-state index contributed by atoms with van der Waals surface area (Å²) >= 11 is 1.59. The molecule has 0 aliphatic carbocycles. The number of hydrogen-bond acceptors (Lipinski definition) is 13. The number of pyridine rings is 2. The van der Waals surface area contributed by atoms with Crippen molar-refractivity contribution >= 4 is 45.3 Å². The highest BCUT2D eigenvalue weighted by Crippen LogP contribution is 2.36. The van der Waals surface area contributed by atoms with Crippen LogP contribution in [0.1, 0.15) is 50.2 Å². The van der Waals surface area contributed by atoms with Crippen molar-refractivity contribution in [1.29, 1.82) is 5.26 Å². The number of piperidine rings is 1. The van der Waals surface area contributed by atoms with Crippen LogP contribution in [0.15, 0.2) is 55.0 Å². The molecule has 3 aliphatic heterocycles. The molecular formula is C37H40N12O2S. The van der Waals surface area contributed by atoms with Gasteiger partial charge in [0.05, 0.1) is 40.1 Å². The number of carbonyl (C=O) groups excluding carboxylic acids is 2. The minimum absolute atomic E-state index is 0.198. The van der Waals surface area contributed by atoms with E-state index >= 15 is 0 Å². The third-order valence-corrected chi connectivity index (χ3v) is 11.1. The summed E-state index contributed by atoms with van der Waals surface area (Å²) in [5.74, 6) is 0.768. The van der Waals surface area contributed by atoms with Crippen LogP contribution in [0.3, 0.4) is 0 Å². The van der Waals surface area contributed by atoms with Crippen LogP contribution in [-0.4, -0.2) is 98.3 Å². The number of amides is 2. The number of carbonyl (C=O) groups is 2. The molecule has 2 atom stereocenters. The quantitative estimate of drug-likeness (QED) is 0.210. The van der Waals surface area contributed by atoms with E-state index in [4.69, 9.17) is 9.97 Å². The number of aromatic nitrogens is 6. The zero-order chi connectivity index (χ0) is 35.8. The molecule has 8 heterocycles. The summed E-state index contributed by atoms with van der Waals surface area (Å²) in [7, 11) is 0. The molecule has 2 amide bonds. The van der Waals surface area contributed by atoms with E-state index in [-0.39, 0.29) is 23.8 Å². The van der Waals surface area contributed by atoms with Crippen molar-refractivity contribution in [1.82, 2.24) is 40.0 Å². The molecule has 3 aliphatic rings. The number of nitriles is 1. The normalized spacial score (nSPS) is 19.7. The summed E-state index contributed by atoms with van der Waals surface area (Å²) in [4.78, 5) is 40.5. The number of rotatable bonds is 9. The average molecular weight is 717 g/mol. The maximum atomic E-state index is 12.3. The first-order chi connectivity index (χ1) is 25.3. The van der Waals surface area contributed by atoms with Crippen LogP contribution in [0.5, 0.6) is 0 Å². The fourth-order valence-corrected chi connectivity index (χ4v) is 8.30. The average Bonchev–Trinajstić information content (AvgIpc) is 3.92. The molecule has 0 aromatic carbocycles. The Labute approximate surface area is 305 Å². The van der Waals surface area contributed by atoms with Gasteiger partial charge in [0.15, 0.2) is 5.01 Å². The Kier molecular flexibility index (Phi) is 9.25. The first-order valence-electron chi connectivity index (χ1n) is 17.8. The molecule has 0 radical (unpaired) electrons. The summed E-state index contributed by atoms with van der Waals surface area (Å²) in [5, 5.41) is 30.7. The van der Waals surface area contributed by atoms with E-state index in [1.165, 1.54) is 0 Å². The summed E-state index contributed by atoms with van der Waals surface area (Å²) in [6.07, 6.45) is 7.24. The number of imide groups is 1. The number of anilines is 3. The number of nitrogens with one attached hydrogen (secondary N) is 2. The van der Waals surface area contributed by atoms with Crippen LogP contribution < -0.4 is 20.4 Å². The Hall–Kier alpha value is -5.46. The van der Waals surface area contributed by atoms with Gasteiger partial charge in [-0.15, -0.1) is 10.2 Å². The van der Waals surface area contributed by atoms with Gasteiger partial charge in [0.2, 0.25) is 16.9 Å². The van der Waals surface area contributed by atoms with E-state index in [0.29, 0.717) is 24.3 Å². The van der Waals surface area contributed by atoms with Crippen LogP contribution >= 0.6 is 11.3 Å². The molecule has 52 heavy (non-hydrogen) atoms. The Balaban J connectivity index is 0.875. The SMILES string of the molecule is CC(C)Nc1cc(-c2ccc3cc(C#N)cnn23)ncc1-c1nnc(N2CCN(C[C@@H]3CCN(c4ccc([C@H]5CCC(=O)NC5=O)cn4)C3)CC2)s1. The van der Waals surface area contributed by atoms with Crippen LogP contribution in [0, 0.1) is 17.2 Å². The summed E-state index contributed by atoms with van der Waals surface area (Å²) in [6.45, 7) is 10.9. The lowest BCUT2D eigenvalue weighted by atomic mass is 9.92. The maximum absolute atomic E-state index is 12.3. The molecule has 14 nitrogen and oxygen atoms in total. The van der Waals surface area contributed by atoms with E-state index in [2.05, 4.69) is 60.5 Å². The highest BCUT2D eigenvalue weighted by atomic mass is 32.1. The van der Waals surface area contributed by atoms with Crippen molar-refractivity contribution in [3.8, 4) is 28.0 Å². The van der Waals surface area contributed by atoms with E-state index < -0.39 is 0 Å². The molecule has 5 aromatic heterocycles. The molecule has 0 saturated carbocycles. The Morgan fingerprint density at radius 2 is 1.85 bits per heavy atom. The monoisotopic (exact) mass is 716 g/mol. The van der Waals surface area contributed by atoms with Gasteiger partial charge < -0.3 is 15.1 Å². The lowest BCUT2D eigenvalue weighted by Crippen LogP contribution is -2.48. The van der Waals surface area contributed by atoms with Crippen LogP contribution in [0.2, 0.25) is 0 Å². The summed E-state index contributed by atoms with van der Waals surface area (Å²) in [6, 6.07) is 14.1. The van der Waals surface area contributed by atoms with E-state index in [0.717, 1.165) is 102 Å². The van der Waals surface area contributed by atoms with Crippen LogP contribution in [0.25, 0.3) is 27.5 Å². The standard InChI is InChI=1S/C37H40N12O2S/c1-23(2)42-30-16-31(32-6-4-27-15-25(17-38)18-41-49(27)32)39-20-29(30)36-44-45-37(52-36)47-13-11-46(12-14-47)21-24-9-10-48(22-24)33-7-3-26(19-40-33)28-5-8-34(50)43-35(28)51/h3-4,6-7,15-16,18-20,23-24,28H,5,8-14,21-22H2,1-2H3,(H,39,42)(H,43,50,51)/t24-,28+/m0/s1. The molecule has 266 valence electrons. The van der Waals surface area contributed by atoms with E-state index in [1.807, 2.05) is 42.6 Å². The molecule has 0 unspecified atom stereocenters. The van der Waals surface area contributed by atoms with Gasteiger partial charge in [-0.1, -0.05) is 17.4 Å².